The molecule has 0 radical (unpaired) electrons. The molecule has 0 atom stereocenters. The van der Waals surface area contributed by atoms with Crippen LogP contribution in [0, 0.1) is 45.3 Å². The van der Waals surface area contributed by atoms with E-state index in [4.69, 9.17) is 96.5 Å². The molecule has 6 rings (SSSR count). The quantitative estimate of drug-likeness (QED) is 0.139. The SMILES string of the molecule is N#Cc1c(Cl)c(Cl)c(Cl)c(Cl)c1C#N.N#Cc1c(Cl)c(Cl)c(Oc2ccccc2-c2ccccc2)c(Cl)c1C#N.Oc1ccccc1-c1ccccc1. The molecule has 13 heteroatoms. The number of halogens is 7. The van der Waals surface area contributed by atoms with E-state index in [1.807, 2.05) is 103 Å². The number of aromatic hydroxyl groups is 1. The van der Waals surface area contributed by atoms with Crippen LogP contribution in [-0.2, 0) is 0 Å². The second kappa shape index (κ2) is 19.1. The molecule has 6 aromatic carbocycles. The Balaban J connectivity index is 0.000000196. The third-order valence-corrected chi connectivity index (χ3v) is 10.2. The number of hydrogen-bond donors (Lipinski definition) is 1. The van der Waals surface area contributed by atoms with Crippen molar-refractivity contribution in [1.82, 2.24) is 0 Å². The van der Waals surface area contributed by atoms with Crippen molar-refractivity contribution in [3.05, 3.63) is 167 Å². The number of ether oxygens (including phenoxy) is 1. The van der Waals surface area contributed by atoms with Gasteiger partial charge >= 0.3 is 0 Å². The number of hydrogen-bond acceptors (Lipinski definition) is 6. The van der Waals surface area contributed by atoms with E-state index in [0.717, 1.165) is 22.3 Å². The first kappa shape index (κ1) is 40.7. The summed E-state index contributed by atoms with van der Waals surface area (Å²) in [6.45, 7) is 0. The largest absolute Gasteiger partial charge is 0.507 e. The van der Waals surface area contributed by atoms with Crippen LogP contribution >= 0.6 is 81.2 Å². The number of nitrogens with zero attached hydrogens (tertiary/aromatic N) is 4. The van der Waals surface area contributed by atoms with E-state index >= 15 is 0 Å². The van der Waals surface area contributed by atoms with Crippen molar-refractivity contribution in [2.75, 3.05) is 0 Å². The van der Waals surface area contributed by atoms with Crippen molar-refractivity contribution in [2.45, 2.75) is 0 Å². The number of rotatable bonds is 4. The standard InChI is InChI=1S/C20H9Cl3N2O.C12H10O.C8Cl4N2/c21-17-14(10-24)15(11-25)18(22)20(19(17)23)26-16-9-5-4-8-13(16)12-6-2-1-3-7-12;13-12-9-5-4-8-11(12)10-6-2-1-3-7-10;9-5-3(1-13)4(2-14)6(10)8(12)7(5)11/h1-9H;1-9,13H;. The molecule has 0 saturated carbocycles. The van der Waals surface area contributed by atoms with Crippen LogP contribution in [-0.4, -0.2) is 5.11 Å². The summed E-state index contributed by atoms with van der Waals surface area (Å²) in [5.41, 5.74) is 3.41. The minimum Gasteiger partial charge on any atom is -0.507 e. The van der Waals surface area contributed by atoms with Gasteiger partial charge in [0, 0.05) is 11.1 Å². The van der Waals surface area contributed by atoms with Crippen molar-refractivity contribution in [3.8, 4) is 63.8 Å². The van der Waals surface area contributed by atoms with Gasteiger partial charge in [0.25, 0.3) is 0 Å². The summed E-state index contributed by atoms with van der Waals surface area (Å²) in [5.74, 6) is 0.859. The summed E-state index contributed by atoms with van der Waals surface area (Å²) in [6, 6.07) is 41.4. The van der Waals surface area contributed by atoms with Gasteiger partial charge in [-0.25, -0.2) is 0 Å². The van der Waals surface area contributed by atoms with E-state index in [2.05, 4.69) is 0 Å². The van der Waals surface area contributed by atoms with Crippen molar-refractivity contribution >= 4 is 81.2 Å². The van der Waals surface area contributed by atoms with Gasteiger partial charge in [0.2, 0.25) is 0 Å². The second-order valence-electron chi connectivity index (χ2n) is 10.3. The van der Waals surface area contributed by atoms with Crippen molar-refractivity contribution in [3.63, 3.8) is 0 Å². The first-order valence-corrected chi connectivity index (χ1v) is 17.5. The van der Waals surface area contributed by atoms with Crippen LogP contribution in [0.15, 0.2) is 109 Å². The Labute approximate surface area is 340 Å². The molecule has 6 aromatic rings. The second-order valence-corrected chi connectivity index (χ2v) is 13.0. The van der Waals surface area contributed by atoms with Gasteiger partial charge in [0.05, 0.1) is 47.4 Å². The Hall–Kier alpha value is -5.09. The topological polar surface area (TPSA) is 125 Å². The van der Waals surface area contributed by atoms with Gasteiger partial charge in [-0.3, -0.25) is 0 Å². The van der Waals surface area contributed by atoms with Crippen LogP contribution in [0.3, 0.4) is 0 Å². The van der Waals surface area contributed by atoms with E-state index < -0.39 is 0 Å². The molecule has 0 aliphatic heterocycles. The highest BCUT2D eigenvalue weighted by Gasteiger charge is 2.24. The molecule has 0 saturated heterocycles. The molecule has 0 heterocycles. The molecule has 1 N–H and O–H groups in total. The highest BCUT2D eigenvalue weighted by molar-refractivity contribution is 6.52. The van der Waals surface area contributed by atoms with Crippen molar-refractivity contribution in [1.29, 1.82) is 21.0 Å². The number of phenolic OH excluding ortho intramolecular Hbond substituents is 1. The molecular formula is C40H19Cl7N4O2. The molecule has 6 nitrogen and oxygen atoms in total. The van der Waals surface area contributed by atoms with Gasteiger partial charge in [-0.05, 0) is 23.3 Å². The first-order chi connectivity index (χ1) is 25.5. The number of benzene rings is 6. The summed E-state index contributed by atoms with van der Waals surface area (Å²) in [6.07, 6.45) is 0. The third kappa shape index (κ3) is 9.29. The number of nitriles is 4. The molecule has 0 aliphatic carbocycles. The lowest BCUT2D eigenvalue weighted by Crippen LogP contribution is -1.96. The van der Waals surface area contributed by atoms with Gasteiger partial charge in [-0.15, -0.1) is 0 Å². The molecular weight excluding hydrogens is 817 g/mol. The van der Waals surface area contributed by atoms with Crippen LogP contribution in [0.5, 0.6) is 17.2 Å². The Morgan fingerprint density at radius 1 is 0.396 bits per heavy atom. The summed E-state index contributed by atoms with van der Waals surface area (Å²) in [4.78, 5) is 0. The Kier molecular flexibility index (Phi) is 14.7. The molecule has 0 fully saturated rings. The lowest BCUT2D eigenvalue weighted by molar-refractivity contribution is 0.477. The van der Waals surface area contributed by atoms with Gasteiger partial charge in [0.15, 0.2) is 5.75 Å². The fourth-order valence-electron chi connectivity index (χ4n) is 4.64. The van der Waals surface area contributed by atoms with E-state index in [1.165, 1.54) is 0 Å². The lowest BCUT2D eigenvalue weighted by Gasteiger charge is -2.15. The summed E-state index contributed by atoms with van der Waals surface area (Å²) >= 11 is 41.5. The van der Waals surface area contributed by atoms with Gasteiger partial charge in [-0.2, -0.15) is 21.0 Å². The van der Waals surface area contributed by atoms with Gasteiger partial charge in [0.1, 0.15) is 45.8 Å². The lowest BCUT2D eigenvalue weighted by atomic mass is 10.0. The highest BCUT2D eigenvalue weighted by Crippen LogP contribution is 2.46. The number of para-hydroxylation sites is 2. The zero-order valence-corrected chi connectivity index (χ0v) is 32.0. The maximum atomic E-state index is 9.56. The number of phenols is 1. The fourth-order valence-corrected chi connectivity index (χ4v) is 6.34. The monoisotopic (exact) mass is 832 g/mol. The average molecular weight is 836 g/mol. The Morgan fingerprint density at radius 3 is 1.21 bits per heavy atom. The Bertz CT molecular complexity index is 2420. The van der Waals surface area contributed by atoms with Crippen LogP contribution in [0.25, 0.3) is 22.3 Å². The van der Waals surface area contributed by atoms with Crippen LogP contribution in [0.2, 0.25) is 35.2 Å². The molecule has 0 unspecified atom stereocenters. The fraction of sp³-hybridized carbons (Fsp3) is 0. The molecule has 0 spiro atoms. The third-order valence-electron chi connectivity index (χ3n) is 7.17. The Morgan fingerprint density at radius 2 is 0.755 bits per heavy atom. The maximum absolute atomic E-state index is 9.56. The summed E-state index contributed by atoms with van der Waals surface area (Å²) in [5, 5.41) is 45.3. The zero-order chi connectivity index (χ0) is 38.7. The molecule has 0 amide bonds. The highest BCUT2D eigenvalue weighted by atomic mass is 35.5. The molecule has 0 bridgehead atoms. The van der Waals surface area contributed by atoms with Crippen LogP contribution in [0.1, 0.15) is 22.3 Å². The van der Waals surface area contributed by atoms with Crippen molar-refractivity contribution in [2.24, 2.45) is 0 Å². The van der Waals surface area contributed by atoms with E-state index in [1.54, 1.807) is 30.3 Å². The average Bonchev–Trinajstić information content (AvgIpc) is 3.19. The van der Waals surface area contributed by atoms with E-state index in [-0.39, 0.29) is 63.2 Å². The van der Waals surface area contributed by atoms with Gasteiger partial charge < -0.3 is 9.84 Å². The van der Waals surface area contributed by atoms with E-state index in [0.29, 0.717) is 11.5 Å². The molecule has 260 valence electrons. The minimum atomic E-state index is -0.0761. The summed E-state index contributed by atoms with van der Waals surface area (Å²) in [7, 11) is 0. The van der Waals surface area contributed by atoms with Crippen molar-refractivity contribution < 1.29 is 9.84 Å². The molecule has 0 aromatic heterocycles. The summed E-state index contributed by atoms with van der Waals surface area (Å²) < 4.78 is 5.94. The zero-order valence-electron chi connectivity index (χ0n) is 26.7. The van der Waals surface area contributed by atoms with Gasteiger partial charge in [-0.1, -0.05) is 178 Å². The van der Waals surface area contributed by atoms with E-state index in [9.17, 15) is 15.6 Å². The predicted octanol–water partition coefficient (Wildman–Crippen LogP) is 14.0. The molecule has 0 aliphatic rings. The smallest absolute Gasteiger partial charge is 0.167 e. The normalized spacial score (nSPS) is 9.79. The predicted molar refractivity (Wildman–Crippen MR) is 212 cm³/mol. The minimum absolute atomic E-state index is 0.0184. The first-order valence-electron chi connectivity index (χ1n) is 14.8. The van der Waals surface area contributed by atoms with Crippen LogP contribution < -0.4 is 4.74 Å². The maximum Gasteiger partial charge on any atom is 0.167 e. The van der Waals surface area contributed by atoms with Crippen LogP contribution in [0.4, 0.5) is 0 Å². The molecule has 53 heavy (non-hydrogen) atoms.